The van der Waals surface area contributed by atoms with Gasteiger partial charge in [0.1, 0.15) is 0 Å². The number of carbonyl (C=O) groups is 1. The fourth-order valence-electron chi connectivity index (χ4n) is 3.40. The Labute approximate surface area is 153 Å². The van der Waals surface area contributed by atoms with Gasteiger partial charge in [-0.05, 0) is 48.4 Å². The third-order valence-corrected chi connectivity index (χ3v) is 5.75. The third-order valence-electron chi connectivity index (χ3n) is 4.67. The van der Waals surface area contributed by atoms with E-state index >= 15 is 0 Å². The van der Waals surface area contributed by atoms with E-state index in [0.717, 1.165) is 23.6 Å². The van der Waals surface area contributed by atoms with Crippen LogP contribution in [0.3, 0.4) is 0 Å². The Morgan fingerprint density at radius 3 is 2.52 bits per heavy atom. The summed E-state index contributed by atoms with van der Waals surface area (Å²) in [6.07, 6.45) is 7.67. The predicted octanol–water partition coefficient (Wildman–Crippen LogP) is 3.94. The molecule has 1 saturated heterocycles. The summed E-state index contributed by atoms with van der Waals surface area (Å²) < 4.78 is 10.6. The average Bonchev–Trinajstić information content (AvgIpc) is 2.97. The molecule has 0 spiro atoms. The Kier molecular flexibility index (Phi) is 5.68. The molecule has 1 saturated carbocycles. The monoisotopic (exact) mass is 360 g/mol. The standard InChI is InChI=1S/C19H24N2O3S/c1-20-19-21(14-7-5-4-6-8-14)18(22)17(25-19)12-13-9-10-15(23-2)16(11-13)24-3/h9-12,14H,4-8H2,1-3H3/b17-12-,20-19?. The van der Waals surface area contributed by atoms with Crippen molar-refractivity contribution < 1.29 is 14.3 Å². The van der Waals surface area contributed by atoms with Gasteiger partial charge < -0.3 is 9.47 Å². The third kappa shape index (κ3) is 3.68. The molecule has 2 fully saturated rings. The zero-order chi connectivity index (χ0) is 17.8. The molecule has 0 aromatic heterocycles. The topological polar surface area (TPSA) is 51.1 Å². The van der Waals surface area contributed by atoms with E-state index in [2.05, 4.69) is 4.99 Å². The van der Waals surface area contributed by atoms with Gasteiger partial charge in [0.25, 0.3) is 5.91 Å². The van der Waals surface area contributed by atoms with Gasteiger partial charge in [-0.3, -0.25) is 14.7 Å². The second-order valence-electron chi connectivity index (χ2n) is 6.20. The van der Waals surface area contributed by atoms with Crippen molar-refractivity contribution in [1.82, 2.24) is 4.90 Å². The van der Waals surface area contributed by atoms with Gasteiger partial charge in [0.15, 0.2) is 16.7 Å². The summed E-state index contributed by atoms with van der Waals surface area (Å²) in [5.74, 6) is 1.39. The number of hydrogen-bond donors (Lipinski definition) is 0. The number of hydrogen-bond acceptors (Lipinski definition) is 5. The lowest BCUT2D eigenvalue weighted by molar-refractivity contribution is -0.124. The van der Waals surface area contributed by atoms with Gasteiger partial charge in [-0.2, -0.15) is 0 Å². The fourth-order valence-corrected chi connectivity index (χ4v) is 4.40. The Hall–Kier alpha value is -1.95. The van der Waals surface area contributed by atoms with Gasteiger partial charge in [-0.15, -0.1) is 0 Å². The Balaban J connectivity index is 1.87. The molecule has 2 aliphatic rings. The molecule has 0 atom stereocenters. The summed E-state index contributed by atoms with van der Waals surface area (Å²) >= 11 is 1.45. The highest BCUT2D eigenvalue weighted by atomic mass is 32.2. The minimum atomic E-state index is 0.0623. The van der Waals surface area contributed by atoms with Crippen LogP contribution in [0, 0.1) is 0 Å². The quantitative estimate of drug-likeness (QED) is 0.763. The zero-order valence-electron chi connectivity index (χ0n) is 14.9. The Bertz CT molecular complexity index is 709. The Morgan fingerprint density at radius 2 is 1.88 bits per heavy atom. The molecule has 1 amide bonds. The first-order chi connectivity index (χ1) is 12.2. The van der Waals surface area contributed by atoms with Crippen LogP contribution in [0.15, 0.2) is 28.1 Å². The number of aliphatic imine (C=N–C) groups is 1. The van der Waals surface area contributed by atoms with Crippen LogP contribution in [-0.4, -0.2) is 43.3 Å². The Morgan fingerprint density at radius 1 is 1.16 bits per heavy atom. The molecule has 1 aliphatic carbocycles. The van der Waals surface area contributed by atoms with Crippen LogP contribution in [0.5, 0.6) is 11.5 Å². The van der Waals surface area contributed by atoms with E-state index in [1.165, 1.54) is 31.0 Å². The molecule has 1 heterocycles. The van der Waals surface area contributed by atoms with E-state index < -0.39 is 0 Å². The maximum absolute atomic E-state index is 13.0. The van der Waals surface area contributed by atoms with E-state index in [4.69, 9.17) is 9.47 Å². The number of nitrogens with zero attached hydrogens (tertiary/aromatic N) is 2. The number of amides is 1. The summed E-state index contributed by atoms with van der Waals surface area (Å²) in [6.45, 7) is 0. The fraction of sp³-hybridized carbons (Fsp3) is 0.474. The van der Waals surface area contributed by atoms with E-state index in [-0.39, 0.29) is 11.9 Å². The second kappa shape index (κ2) is 7.95. The number of rotatable bonds is 4. The van der Waals surface area contributed by atoms with Crippen LogP contribution in [0.2, 0.25) is 0 Å². The van der Waals surface area contributed by atoms with Crippen LogP contribution in [-0.2, 0) is 4.79 Å². The molecule has 3 rings (SSSR count). The maximum Gasteiger partial charge on any atom is 0.266 e. The molecule has 6 heteroatoms. The van der Waals surface area contributed by atoms with Crippen molar-refractivity contribution in [3.8, 4) is 11.5 Å². The maximum atomic E-state index is 13.0. The summed E-state index contributed by atoms with van der Waals surface area (Å²) in [4.78, 5) is 19.9. The lowest BCUT2D eigenvalue weighted by Crippen LogP contribution is -2.40. The largest absolute Gasteiger partial charge is 0.493 e. The molecular weight excluding hydrogens is 336 g/mol. The van der Waals surface area contributed by atoms with Gasteiger partial charge in [-0.25, -0.2) is 0 Å². The van der Waals surface area contributed by atoms with Crippen molar-refractivity contribution in [2.24, 2.45) is 4.99 Å². The van der Waals surface area contributed by atoms with Gasteiger partial charge in [0.2, 0.25) is 0 Å². The molecule has 25 heavy (non-hydrogen) atoms. The highest BCUT2D eigenvalue weighted by Gasteiger charge is 2.38. The molecule has 0 unspecified atom stereocenters. The van der Waals surface area contributed by atoms with Crippen molar-refractivity contribution >= 4 is 28.9 Å². The molecule has 0 bridgehead atoms. The molecule has 1 aromatic carbocycles. The number of thioether (sulfide) groups is 1. The summed E-state index contributed by atoms with van der Waals surface area (Å²) in [7, 11) is 4.97. The number of ether oxygens (including phenoxy) is 2. The van der Waals surface area contributed by atoms with E-state index in [0.29, 0.717) is 16.4 Å². The SMILES string of the molecule is CN=C1S/C(=C\c2ccc(OC)c(OC)c2)C(=O)N1C1CCCCC1. The lowest BCUT2D eigenvalue weighted by atomic mass is 9.94. The van der Waals surface area contributed by atoms with E-state index in [9.17, 15) is 4.79 Å². The smallest absolute Gasteiger partial charge is 0.266 e. The number of benzene rings is 1. The molecule has 1 aliphatic heterocycles. The first-order valence-corrected chi connectivity index (χ1v) is 9.41. The molecule has 1 aromatic rings. The number of carbonyl (C=O) groups excluding carboxylic acids is 1. The lowest BCUT2D eigenvalue weighted by Gasteiger charge is -2.30. The van der Waals surface area contributed by atoms with Crippen molar-refractivity contribution in [2.45, 2.75) is 38.1 Å². The number of amidine groups is 1. The highest BCUT2D eigenvalue weighted by Crippen LogP contribution is 2.38. The first kappa shape index (κ1) is 17.9. The molecule has 0 N–H and O–H groups in total. The summed E-state index contributed by atoms with van der Waals surface area (Å²) in [5.41, 5.74) is 0.912. The predicted molar refractivity (Wildman–Crippen MR) is 102 cm³/mol. The highest BCUT2D eigenvalue weighted by molar-refractivity contribution is 8.18. The van der Waals surface area contributed by atoms with E-state index in [1.54, 1.807) is 21.3 Å². The zero-order valence-corrected chi connectivity index (χ0v) is 15.8. The van der Waals surface area contributed by atoms with Crippen molar-refractivity contribution in [1.29, 1.82) is 0 Å². The minimum Gasteiger partial charge on any atom is -0.493 e. The van der Waals surface area contributed by atoms with Crippen LogP contribution < -0.4 is 9.47 Å². The van der Waals surface area contributed by atoms with Gasteiger partial charge in [0.05, 0.1) is 19.1 Å². The molecule has 134 valence electrons. The van der Waals surface area contributed by atoms with Gasteiger partial charge >= 0.3 is 0 Å². The minimum absolute atomic E-state index is 0.0623. The molecule has 5 nitrogen and oxygen atoms in total. The normalized spacial score (nSPS) is 22.0. The average molecular weight is 360 g/mol. The van der Waals surface area contributed by atoms with Crippen molar-refractivity contribution in [2.75, 3.05) is 21.3 Å². The van der Waals surface area contributed by atoms with Gasteiger partial charge in [0, 0.05) is 13.1 Å². The van der Waals surface area contributed by atoms with Crippen LogP contribution in [0.4, 0.5) is 0 Å². The van der Waals surface area contributed by atoms with Crippen LogP contribution >= 0.6 is 11.8 Å². The first-order valence-electron chi connectivity index (χ1n) is 8.60. The molecular formula is C19H24N2O3S. The van der Waals surface area contributed by atoms with Crippen molar-refractivity contribution in [3.05, 3.63) is 28.7 Å². The van der Waals surface area contributed by atoms with Crippen molar-refractivity contribution in [3.63, 3.8) is 0 Å². The summed E-state index contributed by atoms with van der Waals surface area (Å²) in [6, 6.07) is 5.94. The summed E-state index contributed by atoms with van der Waals surface area (Å²) in [5, 5.41) is 0.809. The van der Waals surface area contributed by atoms with Crippen LogP contribution in [0.1, 0.15) is 37.7 Å². The number of methoxy groups -OCH3 is 2. The van der Waals surface area contributed by atoms with E-state index in [1.807, 2.05) is 29.2 Å². The molecule has 0 radical (unpaired) electrons. The van der Waals surface area contributed by atoms with Crippen LogP contribution in [0.25, 0.3) is 6.08 Å². The van der Waals surface area contributed by atoms with Gasteiger partial charge in [-0.1, -0.05) is 25.3 Å². The second-order valence-corrected chi connectivity index (χ2v) is 7.21.